The standard InChI is InChI=1S/C8H9ClN2O2/c1-13-8(12)5-11-6-2-3-10-7(9)4-6/h2-4H,5H2,1H3,(H,10,11). The van der Waals surface area contributed by atoms with Crippen LogP contribution in [0.4, 0.5) is 5.69 Å². The SMILES string of the molecule is COC(=O)CNc1ccnc(Cl)c1. The Labute approximate surface area is 80.9 Å². The maximum Gasteiger partial charge on any atom is 0.325 e. The van der Waals surface area contributed by atoms with Gasteiger partial charge in [0, 0.05) is 11.9 Å². The second-order valence-electron chi connectivity index (χ2n) is 2.30. The van der Waals surface area contributed by atoms with Crippen molar-refractivity contribution in [3.05, 3.63) is 23.5 Å². The van der Waals surface area contributed by atoms with Crippen LogP contribution < -0.4 is 5.32 Å². The van der Waals surface area contributed by atoms with Gasteiger partial charge in [-0.1, -0.05) is 11.6 Å². The van der Waals surface area contributed by atoms with Gasteiger partial charge in [0.15, 0.2) is 0 Å². The van der Waals surface area contributed by atoms with Gasteiger partial charge in [-0.05, 0) is 12.1 Å². The normalized spacial score (nSPS) is 9.38. The van der Waals surface area contributed by atoms with E-state index in [0.717, 1.165) is 5.69 Å². The quantitative estimate of drug-likeness (QED) is 0.591. The van der Waals surface area contributed by atoms with Crippen molar-refractivity contribution in [2.24, 2.45) is 0 Å². The lowest BCUT2D eigenvalue weighted by atomic mass is 10.4. The van der Waals surface area contributed by atoms with Crippen molar-refractivity contribution >= 4 is 23.3 Å². The fraction of sp³-hybridized carbons (Fsp3) is 0.250. The van der Waals surface area contributed by atoms with Crippen molar-refractivity contribution in [2.75, 3.05) is 19.0 Å². The van der Waals surface area contributed by atoms with Crippen LogP contribution in [0.5, 0.6) is 0 Å². The molecule has 1 aromatic rings. The van der Waals surface area contributed by atoms with Crippen molar-refractivity contribution in [3.63, 3.8) is 0 Å². The zero-order valence-electron chi connectivity index (χ0n) is 7.08. The lowest BCUT2D eigenvalue weighted by molar-refractivity contribution is -0.138. The van der Waals surface area contributed by atoms with Crippen molar-refractivity contribution in [1.29, 1.82) is 0 Å². The van der Waals surface area contributed by atoms with Gasteiger partial charge >= 0.3 is 5.97 Å². The largest absolute Gasteiger partial charge is 0.468 e. The van der Waals surface area contributed by atoms with Crippen LogP contribution in [0.15, 0.2) is 18.3 Å². The number of pyridine rings is 1. The summed E-state index contributed by atoms with van der Waals surface area (Å²) in [5.74, 6) is -0.326. The van der Waals surface area contributed by atoms with E-state index >= 15 is 0 Å². The Kier molecular flexibility index (Phi) is 3.52. The van der Waals surface area contributed by atoms with Crippen LogP contribution in [0.1, 0.15) is 0 Å². The third-order valence-corrected chi connectivity index (χ3v) is 1.60. The minimum atomic E-state index is -0.326. The van der Waals surface area contributed by atoms with E-state index in [4.69, 9.17) is 11.6 Å². The van der Waals surface area contributed by atoms with Gasteiger partial charge in [-0.25, -0.2) is 4.98 Å². The summed E-state index contributed by atoms with van der Waals surface area (Å²) in [5.41, 5.74) is 0.741. The van der Waals surface area contributed by atoms with Gasteiger partial charge < -0.3 is 10.1 Å². The summed E-state index contributed by atoms with van der Waals surface area (Å²) in [4.78, 5) is 14.5. The Morgan fingerprint density at radius 2 is 2.54 bits per heavy atom. The molecule has 0 spiro atoms. The highest BCUT2D eigenvalue weighted by molar-refractivity contribution is 6.29. The van der Waals surface area contributed by atoms with Crippen LogP contribution in [0, 0.1) is 0 Å². The molecular weight excluding hydrogens is 192 g/mol. The number of hydrogen-bond acceptors (Lipinski definition) is 4. The maximum atomic E-state index is 10.7. The second-order valence-corrected chi connectivity index (χ2v) is 2.68. The highest BCUT2D eigenvalue weighted by atomic mass is 35.5. The van der Waals surface area contributed by atoms with Crippen molar-refractivity contribution in [1.82, 2.24) is 4.98 Å². The molecule has 0 aliphatic carbocycles. The Morgan fingerprint density at radius 1 is 1.77 bits per heavy atom. The minimum absolute atomic E-state index is 0.122. The fourth-order valence-electron chi connectivity index (χ4n) is 0.759. The molecule has 0 bridgehead atoms. The van der Waals surface area contributed by atoms with Gasteiger partial charge in [0.2, 0.25) is 0 Å². The van der Waals surface area contributed by atoms with Gasteiger partial charge in [0.25, 0.3) is 0 Å². The summed E-state index contributed by atoms with van der Waals surface area (Å²) in [6.07, 6.45) is 1.56. The molecule has 0 unspecified atom stereocenters. The number of nitrogens with zero attached hydrogens (tertiary/aromatic N) is 1. The molecule has 4 nitrogen and oxygen atoms in total. The summed E-state index contributed by atoms with van der Waals surface area (Å²) in [5, 5.41) is 3.22. The zero-order chi connectivity index (χ0) is 9.68. The smallest absolute Gasteiger partial charge is 0.325 e. The summed E-state index contributed by atoms with van der Waals surface area (Å²) >= 11 is 5.63. The molecular formula is C8H9ClN2O2. The molecule has 1 heterocycles. The van der Waals surface area contributed by atoms with E-state index in [2.05, 4.69) is 15.0 Å². The molecule has 0 saturated carbocycles. The molecule has 5 heteroatoms. The molecule has 0 saturated heterocycles. The summed E-state index contributed by atoms with van der Waals surface area (Å²) in [7, 11) is 1.34. The molecule has 1 N–H and O–H groups in total. The van der Waals surface area contributed by atoms with Gasteiger partial charge in [-0.2, -0.15) is 0 Å². The molecule has 70 valence electrons. The summed E-state index contributed by atoms with van der Waals surface area (Å²) < 4.78 is 4.45. The molecule has 0 atom stereocenters. The highest BCUT2D eigenvalue weighted by Gasteiger charge is 1.99. The number of aromatic nitrogens is 1. The molecule has 0 aromatic carbocycles. The molecule has 0 aliphatic heterocycles. The van der Waals surface area contributed by atoms with E-state index < -0.39 is 0 Å². The van der Waals surface area contributed by atoms with Gasteiger partial charge in [0.05, 0.1) is 7.11 Å². The lowest BCUT2D eigenvalue weighted by Crippen LogP contribution is -2.14. The molecule has 1 aromatic heterocycles. The summed E-state index contributed by atoms with van der Waals surface area (Å²) in [6, 6.07) is 3.35. The van der Waals surface area contributed by atoms with Crippen LogP contribution >= 0.6 is 11.6 Å². The number of hydrogen-bond donors (Lipinski definition) is 1. The Balaban J connectivity index is 2.50. The Morgan fingerprint density at radius 3 is 3.15 bits per heavy atom. The van der Waals surface area contributed by atoms with Gasteiger partial charge in [-0.15, -0.1) is 0 Å². The topological polar surface area (TPSA) is 51.2 Å². The van der Waals surface area contributed by atoms with Crippen LogP contribution in [0.2, 0.25) is 5.15 Å². The third-order valence-electron chi connectivity index (χ3n) is 1.39. The number of rotatable bonds is 3. The van der Waals surface area contributed by atoms with E-state index in [0.29, 0.717) is 5.15 Å². The lowest BCUT2D eigenvalue weighted by Gasteiger charge is -2.03. The first-order valence-corrected chi connectivity index (χ1v) is 4.02. The van der Waals surface area contributed by atoms with Crippen LogP contribution in [-0.2, 0) is 9.53 Å². The van der Waals surface area contributed by atoms with E-state index in [1.165, 1.54) is 7.11 Å². The molecule has 0 amide bonds. The number of carbonyl (C=O) groups is 1. The average Bonchev–Trinajstić information content (AvgIpc) is 2.14. The number of ether oxygens (including phenoxy) is 1. The van der Waals surface area contributed by atoms with E-state index in [1.807, 2.05) is 0 Å². The van der Waals surface area contributed by atoms with Crippen LogP contribution in [0.25, 0.3) is 0 Å². The van der Waals surface area contributed by atoms with Crippen LogP contribution in [0.3, 0.4) is 0 Å². The number of carbonyl (C=O) groups excluding carboxylic acids is 1. The number of esters is 1. The first kappa shape index (κ1) is 9.80. The van der Waals surface area contributed by atoms with E-state index in [1.54, 1.807) is 18.3 Å². The Hall–Kier alpha value is -1.29. The fourth-order valence-corrected chi connectivity index (χ4v) is 0.933. The first-order valence-electron chi connectivity index (χ1n) is 3.64. The zero-order valence-corrected chi connectivity index (χ0v) is 7.84. The third kappa shape index (κ3) is 3.29. The van der Waals surface area contributed by atoms with Crippen molar-refractivity contribution < 1.29 is 9.53 Å². The molecule has 0 radical (unpaired) electrons. The number of nitrogens with one attached hydrogen (secondary N) is 1. The van der Waals surface area contributed by atoms with E-state index in [-0.39, 0.29) is 12.5 Å². The highest BCUT2D eigenvalue weighted by Crippen LogP contribution is 2.11. The number of methoxy groups -OCH3 is 1. The molecule has 0 aliphatic rings. The maximum absolute atomic E-state index is 10.7. The predicted molar refractivity (Wildman–Crippen MR) is 49.8 cm³/mol. The first-order chi connectivity index (χ1) is 6.22. The molecule has 0 fully saturated rings. The predicted octanol–water partition coefficient (Wildman–Crippen LogP) is 1.32. The van der Waals surface area contributed by atoms with Crippen LogP contribution in [-0.4, -0.2) is 24.6 Å². The number of halogens is 1. The second kappa shape index (κ2) is 4.67. The van der Waals surface area contributed by atoms with Crippen molar-refractivity contribution in [3.8, 4) is 0 Å². The molecule has 1 rings (SSSR count). The Bertz CT molecular complexity index is 304. The average molecular weight is 201 g/mol. The van der Waals surface area contributed by atoms with E-state index in [9.17, 15) is 4.79 Å². The van der Waals surface area contributed by atoms with Gasteiger partial charge in [-0.3, -0.25) is 4.79 Å². The molecule has 13 heavy (non-hydrogen) atoms. The monoisotopic (exact) mass is 200 g/mol. The van der Waals surface area contributed by atoms with Crippen molar-refractivity contribution in [2.45, 2.75) is 0 Å². The number of anilines is 1. The van der Waals surface area contributed by atoms with Gasteiger partial charge in [0.1, 0.15) is 11.7 Å². The minimum Gasteiger partial charge on any atom is -0.468 e. The summed E-state index contributed by atoms with van der Waals surface area (Å²) in [6.45, 7) is 0.122.